The summed E-state index contributed by atoms with van der Waals surface area (Å²) in [6.45, 7) is 10.2. The van der Waals surface area contributed by atoms with Crippen LogP contribution >= 0.6 is 0 Å². The van der Waals surface area contributed by atoms with Gasteiger partial charge < -0.3 is 4.74 Å². The second kappa shape index (κ2) is 4.61. The van der Waals surface area contributed by atoms with Gasteiger partial charge in [0.15, 0.2) is 0 Å². The van der Waals surface area contributed by atoms with Crippen molar-refractivity contribution in [1.82, 2.24) is 14.7 Å². The molecule has 0 aromatic rings. The predicted octanol–water partition coefficient (Wildman–Crippen LogP) is 0.645. The number of fused-ring (bicyclic) bond motifs is 3. The van der Waals surface area contributed by atoms with Crippen molar-refractivity contribution < 1.29 is 4.74 Å². The molecule has 0 N–H and O–H groups in total. The van der Waals surface area contributed by atoms with E-state index in [-0.39, 0.29) is 12.5 Å². The molecule has 2 bridgehead atoms. The van der Waals surface area contributed by atoms with Gasteiger partial charge in [-0.25, -0.2) is 0 Å². The SMILES string of the molecule is CC(OC1CN2CCN1C(C)C2C)N(C)C. The van der Waals surface area contributed by atoms with E-state index in [1.807, 2.05) is 0 Å². The van der Waals surface area contributed by atoms with Crippen molar-refractivity contribution in [3.63, 3.8) is 0 Å². The van der Waals surface area contributed by atoms with Crippen LogP contribution in [0.1, 0.15) is 20.8 Å². The van der Waals surface area contributed by atoms with Gasteiger partial charge in [-0.05, 0) is 34.9 Å². The van der Waals surface area contributed by atoms with Crippen LogP contribution in [0, 0.1) is 0 Å². The zero-order valence-corrected chi connectivity index (χ0v) is 11.2. The Morgan fingerprint density at radius 1 is 1.19 bits per heavy atom. The number of piperazine rings is 3. The lowest BCUT2D eigenvalue weighted by Gasteiger charge is -2.55. The van der Waals surface area contributed by atoms with E-state index in [0.717, 1.165) is 13.1 Å². The summed E-state index contributed by atoms with van der Waals surface area (Å²) in [4.78, 5) is 7.19. The van der Waals surface area contributed by atoms with Crippen LogP contribution in [0.25, 0.3) is 0 Å². The molecule has 0 spiro atoms. The Bertz CT molecular complexity index is 244. The Hall–Kier alpha value is -0.160. The first-order chi connectivity index (χ1) is 7.50. The highest BCUT2D eigenvalue weighted by Gasteiger charge is 2.42. The summed E-state index contributed by atoms with van der Waals surface area (Å²) in [6.07, 6.45) is 0.463. The van der Waals surface area contributed by atoms with Crippen LogP contribution in [0.3, 0.4) is 0 Å². The van der Waals surface area contributed by atoms with E-state index in [2.05, 4.69) is 49.6 Å². The third kappa shape index (κ3) is 2.12. The van der Waals surface area contributed by atoms with Crippen molar-refractivity contribution in [3.05, 3.63) is 0 Å². The second-order valence-corrected chi connectivity index (χ2v) is 5.37. The van der Waals surface area contributed by atoms with Crippen LogP contribution in [-0.4, -0.2) is 73.0 Å². The molecule has 16 heavy (non-hydrogen) atoms. The lowest BCUT2D eigenvalue weighted by molar-refractivity contribution is -0.207. The second-order valence-electron chi connectivity index (χ2n) is 5.37. The van der Waals surface area contributed by atoms with Gasteiger partial charge in [0.1, 0.15) is 12.5 Å². The van der Waals surface area contributed by atoms with E-state index in [4.69, 9.17) is 4.74 Å². The molecule has 0 saturated carbocycles. The normalized spacial score (nSPS) is 45.0. The molecule has 4 heteroatoms. The van der Waals surface area contributed by atoms with Gasteiger partial charge >= 0.3 is 0 Å². The van der Waals surface area contributed by atoms with E-state index in [0.29, 0.717) is 12.1 Å². The van der Waals surface area contributed by atoms with Gasteiger partial charge in [-0.3, -0.25) is 14.7 Å². The molecule has 3 aliphatic rings. The average molecular weight is 227 g/mol. The van der Waals surface area contributed by atoms with Crippen LogP contribution in [0.15, 0.2) is 0 Å². The molecule has 3 saturated heterocycles. The van der Waals surface area contributed by atoms with Crippen molar-refractivity contribution in [2.45, 2.75) is 45.3 Å². The van der Waals surface area contributed by atoms with E-state index in [9.17, 15) is 0 Å². The van der Waals surface area contributed by atoms with Gasteiger partial charge in [-0.1, -0.05) is 0 Å². The number of hydrogen-bond acceptors (Lipinski definition) is 4. The minimum absolute atomic E-state index is 0.188. The Kier molecular flexibility index (Phi) is 3.54. The number of rotatable bonds is 3. The maximum absolute atomic E-state index is 6.12. The topological polar surface area (TPSA) is 19.0 Å². The molecule has 3 heterocycles. The summed E-state index contributed by atoms with van der Waals surface area (Å²) in [6, 6.07) is 1.28. The van der Waals surface area contributed by atoms with Gasteiger partial charge in [0.25, 0.3) is 0 Å². The average Bonchev–Trinajstić information content (AvgIpc) is 2.25. The smallest absolute Gasteiger partial charge is 0.125 e. The number of hydrogen-bond donors (Lipinski definition) is 0. The molecule has 0 aromatic heterocycles. The largest absolute Gasteiger partial charge is 0.344 e. The molecule has 3 fully saturated rings. The Morgan fingerprint density at radius 2 is 1.88 bits per heavy atom. The minimum Gasteiger partial charge on any atom is -0.344 e. The first-order valence-corrected chi connectivity index (χ1v) is 6.32. The lowest BCUT2D eigenvalue weighted by Crippen LogP contribution is -2.69. The van der Waals surface area contributed by atoms with Crippen LogP contribution < -0.4 is 0 Å². The Morgan fingerprint density at radius 3 is 2.44 bits per heavy atom. The monoisotopic (exact) mass is 227 g/mol. The third-order valence-electron chi connectivity index (χ3n) is 4.28. The number of nitrogens with zero attached hydrogens (tertiary/aromatic N) is 3. The first-order valence-electron chi connectivity index (χ1n) is 6.32. The quantitative estimate of drug-likeness (QED) is 0.659. The predicted molar refractivity (Wildman–Crippen MR) is 65.2 cm³/mol. The van der Waals surface area contributed by atoms with E-state index >= 15 is 0 Å². The highest BCUT2D eigenvalue weighted by atomic mass is 16.5. The third-order valence-corrected chi connectivity index (χ3v) is 4.28. The molecule has 4 nitrogen and oxygen atoms in total. The minimum atomic E-state index is 0.188. The molecule has 0 radical (unpaired) electrons. The van der Waals surface area contributed by atoms with Gasteiger partial charge in [0, 0.05) is 31.7 Å². The summed E-state index contributed by atoms with van der Waals surface area (Å²) >= 11 is 0. The standard InChI is InChI=1S/C12H25N3O/c1-9-10(2)15-7-6-14(9)8-12(15)16-11(3)13(4)5/h9-12H,6-8H2,1-5H3. The van der Waals surface area contributed by atoms with Gasteiger partial charge in [0.05, 0.1) is 0 Å². The van der Waals surface area contributed by atoms with Gasteiger partial charge in [0.2, 0.25) is 0 Å². The fourth-order valence-electron chi connectivity index (χ4n) is 2.67. The van der Waals surface area contributed by atoms with E-state index < -0.39 is 0 Å². The molecule has 3 rings (SSSR count). The van der Waals surface area contributed by atoms with Crippen molar-refractivity contribution in [1.29, 1.82) is 0 Å². The van der Waals surface area contributed by atoms with Crippen molar-refractivity contribution in [3.8, 4) is 0 Å². The lowest BCUT2D eigenvalue weighted by atomic mass is 10.00. The molecule has 3 aliphatic heterocycles. The summed E-state index contributed by atoms with van der Waals surface area (Å²) in [7, 11) is 4.13. The first kappa shape index (κ1) is 12.3. The molecule has 94 valence electrons. The maximum Gasteiger partial charge on any atom is 0.125 e. The molecular weight excluding hydrogens is 202 g/mol. The van der Waals surface area contributed by atoms with E-state index in [1.165, 1.54) is 6.54 Å². The summed E-state index contributed by atoms with van der Waals surface area (Å²) in [5, 5.41) is 0. The molecule has 0 amide bonds. The summed E-state index contributed by atoms with van der Waals surface area (Å²) < 4.78 is 6.12. The zero-order chi connectivity index (χ0) is 11.9. The van der Waals surface area contributed by atoms with E-state index in [1.54, 1.807) is 0 Å². The molecule has 6 unspecified atom stereocenters. The van der Waals surface area contributed by atoms with Crippen LogP contribution in [0.4, 0.5) is 0 Å². The van der Waals surface area contributed by atoms with Crippen LogP contribution in [0.2, 0.25) is 0 Å². The van der Waals surface area contributed by atoms with Gasteiger partial charge in [-0.15, -0.1) is 0 Å². The highest BCUT2D eigenvalue weighted by molar-refractivity contribution is 4.94. The van der Waals surface area contributed by atoms with Crippen LogP contribution in [0.5, 0.6) is 0 Å². The fourth-order valence-corrected chi connectivity index (χ4v) is 2.67. The Labute approximate surface area is 99.1 Å². The molecule has 6 atom stereocenters. The van der Waals surface area contributed by atoms with Crippen molar-refractivity contribution in [2.24, 2.45) is 0 Å². The Balaban J connectivity index is 1.98. The summed E-state index contributed by atoms with van der Waals surface area (Å²) in [5.41, 5.74) is 0. The summed E-state index contributed by atoms with van der Waals surface area (Å²) in [5.74, 6) is 0. The molecular formula is C12H25N3O. The highest BCUT2D eigenvalue weighted by Crippen LogP contribution is 2.27. The number of ether oxygens (including phenoxy) is 1. The molecule has 0 aromatic carbocycles. The molecule has 0 aliphatic carbocycles. The fraction of sp³-hybridized carbons (Fsp3) is 1.00. The maximum atomic E-state index is 6.12. The zero-order valence-electron chi connectivity index (χ0n) is 11.2. The van der Waals surface area contributed by atoms with Crippen LogP contribution in [-0.2, 0) is 4.74 Å². The van der Waals surface area contributed by atoms with Gasteiger partial charge in [-0.2, -0.15) is 0 Å². The van der Waals surface area contributed by atoms with Crippen molar-refractivity contribution >= 4 is 0 Å². The van der Waals surface area contributed by atoms with Crippen molar-refractivity contribution in [2.75, 3.05) is 33.7 Å².